The molecule has 0 bridgehead atoms. The molecule has 4 aromatic rings. The van der Waals surface area contributed by atoms with Gasteiger partial charge in [-0.15, -0.1) is 0 Å². The van der Waals surface area contributed by atoms with Crippen LogP contribution in [-0.4, -0.2) is 47.9 Å². The Morgan fingerprint density at radius 3 is 2.83 bits per heavy atom. The van der Waals surface area contributed by atoms with Crippen LogP contribution in [0.15, 0.2) is 66.6 Å². The summed E-state index contributed by atoms with van der Waals surface area (Å²) >= 11 is 6.43. The fourth-order valence-electron chi connectivity index (χ4n) is 3.32. The number of allylic oxidation sites excluding steroid dienone is 1. The van der Waals surface area contributed by atoms with Crippen molar-refractivity contribution >= 4 is 39.7 Å². The van der Waals surface area contributed by atoms with Gasteiger partial charge in [0.15, 0.2) is 5.78 Å². The van der Waals surface area contributed by atoms with Crippen LogP contribution in [0.1, 0.15) is 48.6 Å². The van der Waals surface area contributed by atoms with E-state index in [1.54, 1.807) is 25.1 Å². The predicted molar refractivity (Wildman–Crippen MR) is 162 cm³/mol. The van der Waals surface area contributed by atoms with E-state index in [1.165, 1.54) is 13.0 Å². The third-order valence-corrected chi connectivity index (χ3v) is 5.38. The molecule has 0 saturated heterocycles. The number of ketones is 1. The highest BCUT2D eigenvalue weighted by Crippen LogP contribution is 2.36. The topological polar surface area (TPSA) is 100 Å². The van der Waals surface area contributed by atoms with Gasteiger partial charge in [0, 0.05) is 47.5 Å². The first-order valence-corrected chi connectivity index (χ1v) is 12.3. The normalized spacial score (nSPS) is 17.0. The molecular weight excluding hydrogens is 538 g/mol. The molecule has 0 aliphatic rings. The number of benzene rings is 2. The van der Waals surface area contributed by atoms with Gasteiger partial charge in [-0.3, -0.25) is 14.8 Å². The van der Waals surface area contributed by atoms with Crippen molar-refractivity contribution in [1.29, 1.82) is 5.26 Å². The van der Waals surface area contributed by atoms with Crippen LogP contribution in [0.25, 0.3) is 10.9 Å². The molecule has 41 heavy (non-hydrogen) atoms. The fourth-order valence-corrected chi connectivity index (χ4v) is 3.51. The van der Waals surface area contributed by atoms with Gasteiger partial charge in [0.05, 0.1) is 53.2 Å². The van der Waals surface area contributed by atoms with Gasteiger partial charge < -0.3 is 19.7 Å². The number of fused-ring (bicyclic) bond motifs is 1. The van der Waals surface area contributed by atoms with Gasteiger partial charge in [-0.25, -0.2) is 0 Å². The third-order valence-electron chi connectivity index (χ3n) is 5.11. The summed E-state index contributed by atoms with van der Waals surface area (Å²) in [5.74, 6) is -2.27. The Hall–Kier alpha value is -4.45. The van der Waals surface area contributed by atoms with Gasteiger partial charge in [-0.05, 0) is 70.2 Å². The summed E-state index contributed by atoms with van der Waals surface area (Å²) in [6.07, 6.45) is -0.202. The van der Waals surface area contributed by atoms with Crippen molar-refractivity contribution in [2.75, 3.05) is 32.5 Å². The van der Waals surface area contributed by atoms with Crippen molar-refractivity contribution < 1.29 is 33.5 Å². The van der Waals surface area contributed by atoms with Gasteiger partial charge in [0.1, 0.15) is 24.1 Å². The minimum absolute atomic E-state index is 0.0978. The second kappa shape index (κ2) is 13.8. The van der Waals surface area contributed by atoms with Crippen LogP contribution < -0.4 is 14.8 Å². The number of carbonyl (C=O) groups excluding carboxylic acids is 1. The molecule has 0 unspecified atom stereocenters. The average molecular weight is 584 g/mol. The maximum atomic E-state index is 13.2. The summed E-state index contributed by atoms with van der Waals surface area (Å²) in [4.78, 5) is 22.7. The number of hydrogen-bond acceptors (Lipinski definition) is 8. The Balaban J connectivity index is 1.97. The van der Waals surface area contributed by atoms with Crippen molar-refractivity contribution in [2.45, 2.75) is 26.8 Å². The first-order valence-electron chi connectivity index (χ1n) is 18.9. The van der Waals surface area contributed by atoms with Crippen molar-refractivity contribution in [1.82, 2.24) is 14.9 Å². The molecule has 2 aromatic heterocycles. The van der Waals surface area contributed by atoms with E-state index in [2.05, 4.69) is 15.3 Å². The molecule has 0 atom stereocenters. The van der Waals surface area contributed by atoms with E-state index in [4.69, 9.17) is 40.3 Å². The molecule has 0 aliphatic heterocycles. The number of anilines is 2. The largest absolute Gasteiger partial charge is 0.494 e. The van der Waals surface area contributed by atoms with Crippen LogP contribution in [0, 0.1) is 18.3 Å². The molecular formula is C32H32ClN5O3. The molecule has 2 heterocycles. The smallest absolute Gasteiger partial charge is 0.159 e. The van der Waals surface area contributed by atoms with Crippen LogP contribution in [0.5, 0.6) is 11.5 Å². The van der Waals surface area contributed by atoms with Crippen LogP contribution in [-0.2, 0) is 17.8 Å². The van der Waals surface area contributed by atoms with E-state index < -0.39 is 136 Å². The molecule has 0 saturated carbocycles. The number of rotatable bonds is 12. The lowest BCUT2D eigenvalue weighted by atomic mass is 10.0. The maximum Gasteiger partial charge on any atom is 0.159 e. The Bertz CT molecular complexity index is 2300. The van der Waals surface area contributed by atoms with Gasteiger partial charge in [0.2, 0.25) is 0 Å². The molecule has 0 fully saturated rings. The number of likely N-dealkylation sites (N-methyl/N-ethyl adjacent to an activating group) is 1. The molecule has 0 spiro atoms. The lowest BCUT2D eigenvalue weighted by Gasteiger charge is -2.16. The number of ether oxygens (including phenoxy) is 2. The van der Waals surface area contributed by atoms with Crippen LogP contribution in [0.2, 0.25) is 5.02 Å². The highest BCUT2D eigenvalue weighted by atomic mass is 35.5. The molecule has 0 amide bonds. The summed E-state index contributed by atoms with van der Waals surface area (Å²) in [7, 11) is 3.41. The van der Waals surface area contributed by atoms with E-state index in [-0.39, 0.29) is 17.8 Å². The van der Waals surface area contributed by atoms with Crippen molar-refractivity contribution in [2.24, 2.45) is 0 Å². The summed E-state index contributed by atoms with van der Waals surface area (Å²) in [5.41, 5.74) is -3.36. The van der Waals surface area contributed by atoms with E-state index in [0.717, 1.165) is 6.92 Å². The number of hydrogen-bond donors (Lipinski definition) is 1. The van der Waals surface area contributed by atoms with Crippen molar-refractivity contribution in [3.8, 4) is 17.6 Å². The Morgan fingerprint density at radius 2 is 2.07 bits per heavy atom. The van der Waals surface area contributed by atoms with Crippen LogP contribution in [0.4, 0.5) is 11.4 Å². The van der Waals surface area contributed by atoms with Crippen LogP contribution >= 0.6 is 11.6 Å². The first kappa shape index (κ1) is 16.1. The summed E-state index contributed by atoms with van der Waals surface area (Å²) in [6.45, 7) is -3.00. The molecule has 8 nitrogen and oxygen atoms in total. The van der Waals surface area contributed by atoms with Crippen molar-refractivity contribution in [3.63, 3.8) is 0 Å². The molecule has 2 aromatic carbocycles. The number of aromatic nitrogens is 2. The second-order valence-corrected chi connectivity index (χ2v) is 8.90. The average Bonchev–Trinajstić information content (AvgIpc) is 3.10. The quantitative estimate of drug-likeness (QED) is 0.191. The molecule has 4 rings (SSSR count). The van der Waals surface area contributed by atoms with Crippen LogP contribution in [0.3, 0.4) is 0 Å². The molecule has 9 heteroatoms. The Labute approximate surface area is 264 Å². The lowest BCUT2D eigenvalue weighted by molar-refractivity contribution is -0.114. The number of aryl methyl sites for hydroxylation is 1. The zero-order valence-electron chi connectivity index (χ0n) is 36.4. The SMILES string of the molecule is [2H]/C(=C\CN(C)C)C(=O)Cc1c(OC([2H])([2H])C)c([2H])c2nc([2H])c(C#N)c(Nc3c([2H])c([2H])c(OC([2H])([2H])c4nc(C)c([2H])c([2H])c4[2H])c(Cl)c3[2H])c2c1[2H]. The number of nitrogens with zero attached hydrogens (tertiary/aromatic N) is 4. The minimum atomic E-state index is -3.07. The number of carbonyl (C=O) groups is 1. The number of nitriles is 1. The van der Waals surface area contributed by atoms with E-state index in [1.807, 2.05) is 0 Å². The minimum Gasteiger partial charge on any atom is -0.494 e. The predicted octanol–water partition coefficient (Wildman–Crippen LogP) is 6.41. The molecule has 210 valence electrons. The molecule has 1 N–H and O–H groups in total. The maximum absolute atomic E-state index is 13.2. The molecule has 0 aliphatic carbocycles. The van der Waals surface area contributed by atoms with E-state index in [0.29, 0.717) is 0 Å². The number of pyridine rings is 2. The second-order valence-electron chi connectivity index (χ2n) is 8.53. The highest BCUT2D eigenvalue weighted by Gasteiger charge is 2.16. The summed E-state index contributed by atoms with van der Waals surface area (Å²) < 4.78 is 128. The Kier molecular flexibility index (Phi) is 5.40. The van der Waals surface area contributed by atoms with E-state index >= 15 is 0 Å². The summed E-state index contributed by atoms with van der Waals surface area (Å²) in [6, 6.07) is -4.48. The zero-order valence-corrected chi connectivity index (χ0v) is 23.1. The summed E-state index contributed by atoms with van der Waals surface area (Å²) in [5, 5.41) is 11.6. The monoisotopic (exact) mass is 583 g/mol. The zero-order chi connectivity index (χ0) is 41.6. The molecule has 0 radical (unpaired) electrons. The lowest BCUT2D eigenvalue weighted by Crippen LogP contribution is -2.11. The van der Waals surface area contributed by atoms with Gasteiger partial charge in [-0.2, -0.15) is 5.26 Å². The van der Waals surface area contributed by atoms with Gasteiger partial charge >= 0.3 is 0 Å². The third kappa shape index (κ3) is 7.82. The number of halogens is 1. The standard InChI is InChI=1S/C32H32ClN5O3/c1-5-40-31-17-29-27(15-22(31)14-26(39)10-7-13-38(3)4)32(23(18-34)19-35-29)37-24-11-12-30(28(33)16-24)41-20-25-9-6-8-21(2)36-25/h6-12,15-17,19H,5,13-14,20H2,1-4H3,(H,35,37)/b10-7+/i5D2,6D,8D,9D,10D,11D,12D,15D,16D,17D,19D,20D2. The van der Waals surface area contributed by atoms with Crippen molar-refractivity contribution in [3.05, 3.63) is 94.2 Å². The van der Waals surface area contributed by atoms with E-state index in [9.17, 15) is 10.1 Å². The fraction of sp³-hybridized carbons (Fsp3) is 0.250. The number of nitrogens with one attached hydrogen (secondary N) is 1. The van der Waals surface area contributed by atoms with Gasteiger partial charge in [0.25, 0.3) is 0 Å². The highest BCUT2D eigenvalue weighted by molar-refractivity contribution is 6.32. The van der Waals surface area contributed by atoms with Gasteiger partial charge in [-0.1, -0.05) is 23.7 Å². The Morgan fingerprint density at radius 1 is 1.24 bits per heavy atom. The first-order chi connectivity index (χ1) is 25.3.